The third kappa shape index (κ3) is 4.30. The Morgan fingerprint density at radius 3 is 2.59 bits per heavy atom. The second-order valence-electron chi connectivity index (χ2n) is 6.94. The van der Waals surface area contributed by atoms with E-state index in [4.69, 9.17) is 16.3 Å². The number of ketones is 2. The Balaban J connectivity index is 2.36. The molecule has 0 aromatic heterocycles. The second-order valence-corrected chi connectivity index (χ2v) is 7.32. The molecule has 0 fully saturated rings. The number of dihydropyridines is 1. The highest BCUT2D eigenvalue weighted by molar-refractivity contribution is 6.49. The maximum Gasteiger partial charge on any atom is 0.304 e. The van der Waals surface area contributed by atoms with Gasteiger partial charge in [0.15, 0.2) is 0 Å². The van der Waals surface area contributed by atoms with Crippen molar-refractivity contribution in [2.75, 3.05) is 0 Å². The number of hydrogen-bond donors (Lipinski definition) is 1. The molecule has 1 aliphatic carbocycles. The fourth-order valence-corrected chi connectivity index (χ4v) is 3.23. The van der Waals surface area contributed by atoms with E-state index in [-0.39, 0.29) is 10.6 Å². The second kappa shape index (κ2) is 8.09. The Morgan fingerprint density at radius 1 is 1.33 bits per heavy atom. The maximum absolute atomic E-state index is 12.7. The average molecular weight is 390 g/mol. The fourth-order valence-electron chi connectivity index (χ4n) is 2.89. The van der Waals surface area contributed by atoms with Crippen LogP contribution in [0.1, 0.15) is 41.0 Å². The molecule has 27 heavy (non-hydrogen) atoms. The molecule has 0 unspecified atom stereocenters. The number of rotatable bonds is 5. The third-order valence-corrected chi connectivity index (χ3v) is 4.96. The Morgan fingerprint density at radius 2 is 2.00 bits per heavy atom. The molecular weight excluding hydrogens is 366 g/mol. The van der Waals surface area contributed by atoms with Crippen molar-refractivity contribution in [3.8, 4) is 0 Å². The first-order valence-electron chi connectivity index (χ1n) is 8.84. The van der Waals surface area contributed by atoms with Crippen molar-refractivity contribution in [3.63, 3.8) is 0 Å². The van der Waals surface area contributed by atoms with Crippen LogP contribution in [0.3, 0.4) is 0 Å². The molecule has 144 valence electrons. The van der Waals surface area contributed by atoms with Crippen LogP contribution < -0.4 is 5.32 Å². The van der Waals surface area contributed by atoms with Crippen molar-refractivity contribution in [2.24, 2.45) is 5.92 Å². The van der Waals surface area contributed by atoms with E-state index in [1.165, 1.54) is 13.1 Å². The van der Waals surface area contributed by atoms with Crippen LogP contribution in [-0.4, -0.2) is 23.1 Å². The molecular formula is C21H24ClNO4. The molecule has 1 aliphatic heterocycles. The monoisotopic (exact) mass is 389 g/mol. The van der Waals surface area contributed by atoms with Crippen molar-refractivity contribution in [2.45, 2.75) is 46.6 Å². The average Bonchev–Trinajstić information content (AvgIpc) is 2.62. The number of nitrogens with one attached hydrogen (secondary N) is 1. The van der Waals surface area contributed by atoms with Gasteiger partial charge >= 0.3 is 5.97 Å². The third-order valence-electron chi connectivity index (χ3n) is 4.59. The zero-order valence-electron chi connectivity index (χ0n) is 16.2. The summed E-state index contributed by atoms with van der Waals surface area (Å²) < 4.78 is 5.01. The summed E-state index contributed by atoms with van der Waals surface area (Å²) in [4.78, 5) is 36.7. The molecule has 0 aromatic rings. The normalized spacial score (nSPS) is 24.3. The van der Waals surface area contributed by atoms with Gasteiger partial charge in [-0.1, -0.05) is 49.6 Å². The largest absolute Gasteiger partial charge is 0.443 e. The summed E-state index contributed by atoms with van der Waals surface area (Å²) in [7, 11) is 0. The minimum atomic E-state index is -1.93. The highest BCUT2D eigenvalue weighted by Gasteiger charge is 2.51. The molecule has 0 saturated carbocycles. The van der Waals surface area contributed by atoms with Crippen LogP contribution in [0, 0.1) is 5.92 Å². The van der Waals surface area contributed by atoms with Crippen LogP contribution >= 0.6 is 11.6 Å². The summed E-state index contributed by atoms with van der Waals surface area (Å²) in [6, 6.07) is 0. The van der Waals surface area contributed by atoms with Gasteiger partial charge in [-0.15, -0.1) is 0 Å². The van der Waals surface area contributed by atoms with E-state index in [2.05, 4.69) is 25.2 Å². The standard InChI is InChI=1S/C21H24ClNO4/c1-6-12(2)9-13(3)7-8-15-10-16-17(11-23-15)19(25)21(5,27-14(4)24)20(26)18(16)22/h7-12,23H,6H2,1-5H3/b8-7+,13-9+/t12-,21+/m0/s1. The van der Waals surface area contributed by atoms with Gasteiger partial charge in [0.05, 0.1) is 5.03 Å². The van der Waals surface area contributed by atoms with Crippen LogP contribution in [0.15, 0.2) is 58.0 Å². The van der Waals surface area contributed by atoms with Gasteiger partial charge in [-0.25, -0.2) is 0 Å². The zero-order chi connectivity index (χ0) is 20.4. The maximum atomic E-state index is 12.7. The molecule has 2 rings (SSSR count). The topological polar surface area (TPSA) is 72.5 Å². The van der Waals surface area contributed by atoms with Crippen molar-refractivity contribution < 1.29 is 19.1 Å². The number of fused-ring (bicyclic) bond motifs is 1. The molecule has 0 aromatic carbocycles. The molecule has 2 atom stereocenters. The highest BCUT2D eigenvalue weighted by atomic mass is 35.5. The fraction of sp³-hybridized carbons (Fsp3) is 0.381. The van der Waals surface area contributed by atoms with Crippen molar-refractivity contribution in [3.05, 3.63) is 58.0 Å². The van der Waals surface area contributed by atoms with Crippen molar-refractivity contribution >= 4 is 29.1 Å². The van der Waals surface area contributed by atoms with Crippen molar-refractivity contribution in [1.82, 2.24) is 5.32 Å². The minimum Gasteiger partial charge on any atom is -0.443 e. The Kier molecular flexibility index (Phi) is 6.26. The van der Waals surface area contributed by atoms with E-state index in [9.17, 15) is 14.4 Å². The van der Waals surface area contributed by atoms with Gasteiger partial charge in [-0.3, -0.25) is 14.4 Å². The summed E-state index contributed by atoms with van der Waals surface area (Å²) in [5, 5.41) is 2.90. The van der Waals surface area contributed by atoms with E-state index in [1.54, 1.807) is 6.08 Å². The number of carbonyl (C=O) groups is 3. The van der Waals surface area contributed by atoms with Gasteiger partial charge in [0, 0.05) is 30.0 Å². The van der Waals surface area contributed by atoms with Crippen LogP contribution in [0.4, 0.5) is 0 Å². The zero-order valence-corrected chi connectivity index (χ0v) is 16.9. The van der Waals surface area contributed by atoms with Gasteiger partial charge in [-0.2, -0.15) is 0 Å². The molecule has 0 radical (unpaired) electrons. The number of halogens is 1. The van der Waals surface area contributed by atoms with Gasteiger partial charge < -0.3 is 10.1 Å². The molecule has 1 heterocycles. The summed E-state index contributed by atoms with van der Waals surface area (Å²) >= 11 is 6.23. The number of esters is 1. The predicted octanol–water partition coefficient (Wildman–Crippen LogP) is 3.87. The van der Waals surface area contributed by atoms with Crippen LogP contribution in [0.25, 0.3) is 0 Å². The molecule has 0 spiro atoms. The van der Waals surface area contributed by atoms with Gasteiger partial charge in [-0.05, 0) is 31.9 Å². The lowest BCUT2D eigenvalue weighted by molar-refractivity contribution is -0.167. The van der Waals surface area contributed by atoms with E-state index in [0.717, 1.165) is 18.9 Å². The van der Waals surface area contributed by atoms with Gasteiger partial charge in [0.2, 0.25) is 17.2 Å². The van der Waals surface area contributed by atoms with Gasteiger partial charge in [0.25, 0.3) is 0 Å². The lowest BCUT2D eigenvalue weighted by Gasteiger charge is -2.32. The van der Waals surface area contributed by atoms with E-state index in [1.807, 2.05) is 19.1 Å². The lowest BCUT2D eigenvalue weighted by Crippen LogP contribution is -2.51. The van der Waals surface area contributed by atoms with Crippen molar-refractivity contribution in [1.29, 1.82) is 0 Å². The first kappa shape index (κ1) is 20.9. The molecule has 5 nitrogen and oxygen atoms in total. The number of allylic oxidation sites excluding steroid dienone is 6. The molecule has 1 N–H and O–H groups in total. The Hall–Kier alpha value is -2.40. The lowest BCUT2D eigenvalue weighted by atomic mass is 9.79. The minimum absolute atomic E-state index is 0.121. The molecule has 0 amide bonds. The summed E-state index contributed by atoms with van der Waals surface area (Å²) in [6.45, 7) is 8.70. The Bertz CT molecular complexity index is 844. The number of carbonyl (C=O) groups excluding carboxylic acids is 3. The van der Waals surface area contributed by atoms with Crippen LogP contribution in [-0.2, 0) is 19.1 Å². The molecule has 6 heteroatoms. The smallest absolute Gasteiger partial charge is 0.304 e. The number of Topliss-reactive ketones (excluding diaryl/α,β-unsaturated/α-hetero) is 2. The SMILES string of the molecule is CC[C@H](C)/C=C(C)/C=C/C1=CC2=C(Cl)C(=O)[C@](C)(OC(C)=O)C(=O)C2=CN1. The highest BCUT2D eigenvalue weighted by Crippen LogP contribution is 2.37. The number of ether oxygens (including phenoxy) is 1. The first-order chi connectivity index (χ1) is 12.6. The van der Waals surface area contributed by atoms with Gasteiger partial charge in [0.1, 0.15) is 0 Å². The summed E-state index contributed by atoms with van der Waals surface area (Å²) in [5.41, 5.74) is 0.419. The van der Waals surface area contributed by atoms with E-state index >= 15 is 0 Å². The quantitative estimate of drug-likeness (QED) is 0.439. The number of hydrogen-bond acceptors (Lipinski definition) is 5. The summed E-state index contributed by atoms with van der Waals surface area (Å²) in [5.74, 6) is -1.55. The Labute approximate surface area is 164 Å². The van der Waals surface area contributed by atoms with E-state index < -0.39 is 23.1 Å². The van der Waals surface area contributed by atoms with Crippen LogP contribution in [0.5, 0.6) is 0 Å². The first-order valence-corrected chi connectivity index (χ1v) is 9.22. The van der Waals surface area contributed by atoms with Crippen LogP contribution in [0.2, 0.25) is 0 Å². The predicted molar refractivity (Wildman–Crippen MR) is 105 cm³/mol. The molecule has 0 bridgehead atoms. The molecule has 2 aliphatic rings. The van der Waals surface area contributed by atoms with E-state index in [0.29, 0.717) is 17.2 Å². The summed E-state index contributed by atoms with van der Waals surface area (Å²) in [6.07, 6.45) is 10.2. The molecule has 0 saturated heterocycles.